The highest BCUT2D eigenvalue weighted by Crippen LogP contribution is 2.24. The zero-order chi connectivity index (χ0) is 21.6. The van der Waals surface area contributed by atoms with Crippen molar-refractivity contribution >= 4 is 31.9 Å². The molecule has 1 amide bonds. The molecule has 1 aliphatic heterocycles. The number of nitrogens with one attached hydrogen (secondary N) is 1. The van der Waals surface area contributed by atoms with Gasteiger partial charge in [0.2, 0.25) is 15.9 Å². The van der Waals surface area contributed by atoms with E-state index in [0.29, 0.717) is 31.6 Å². The van der Waals surface area contributed by atoms with Gasteiger partial charge in [0.15, 0.2) is 0 Å². The van der Waals surface area contributed by atoms with E-state index in [1.807, 2.05) is 30.3 Å². The number of carbonyl (C=O) groups is 1. The Balaban J connectivity index is 1.45. The summed E-state index contributed by atoms with van der Waals surface area (Å²) in [4.78, 5) is 12.5. The third-order valence-electron chi connectivity index (χ3n) is 4.91. The van der Waals surface area contributed by atoms with Crippen LogP contribution in [0.4, 0.5) is 0 Å². The minimum atomic E-state index is -3.62. The first kappa shape index (κ1) is 22.3. The molecule has 2 aromatic rings. The van der Waals surface area contributed by atoms with Gasteiger partial charge >= 0.3 is 0 Å². The van der Waals surface area contributed by atoms with Gasteiger partial charge in [0.1, 0.15) is 12.4 Å². The number of halogens is 1. The number of amides is 1. The van der Waals surface area contributed by atoms with E-state index in [4.69, 9.17) is 10.00 Å². The van der Waals surface area contributed by atoms with Crippen LogP contribution in [0, 0.1) is 17.2 Å². The van der Waals surface area contributed by atoms with Crippen LogP contribution in [0.3, 0.4) is 0 Å². The van der Waals surface area contributed by atoms with Crippen molar-refractivity contribution in [3.05, 3.63) is 58.6 Å². The smallest absolute Gasteiger partial charge is 0.243 e. The van der Waals surface area contributed by atoms with E-state index in [0.717, 1.165) is 10.2 Å². The van der Waals surface area contributed by atoms with Crippen molar-refractivity contribution in [2.24, 2.45) is 5.92 Å². The molecule has 7 nitrogen and oxygen atoms in total. The first-order valence-corrected chi connectivity index (χ1v) is 11.8. The molecule has 3 rings (SSSR count). The van der Waals surface area contributed by atoms with Gasteiger partial charge in [0, 0.05) is 23.5 Å². The van der Waals surface area contributed by atoms with Gasteiger partial charge in [-0.05, 0) is 55.3 Å². The minimum Gasteiger partial charge on any atom is -0.492 e. The monoisotopic (exact) mass is 491 g/mol. The summed E-state index contributed by atoms with van der Waals surface area (Å²) in [6, 6.07) is 15.3. The van der Waals surface area contributed by atoms with Crippen molar-refractivity contribution in [2.75, 3.05) is 26.2 Å². The van der Waals surface area contributed by atoms with Gasteiger partial charge in [0.05, 0.1) is 23.1 Å². The zero-order valence-corrected chi connectivity index (χ0v) is 18.7. The SMILES string of the molecule is N#Cc1ccc(S(=O)(=O)N2CCC(C(=O)NCCOc3cccc(Br)c3)CC2)cc1. The van der Waals surface area contributed by atoms with Crippen molar-refractivity contribution in [3.63, 3.8) is 0 Å². The molecular formula is C21H22BrN3O4S. The van der Waals surface area contributed by atoms with Crippen LogP contribution in [-0.4, -0.2) is 44.9 Å². The molecule has 0 aromatic heterocycles. The van der Waals surface area contributed by atoms with Crippen LogP contribution in [0.15, 0.2) is 57.9 Å². The van der Waals surface area contributed by atoms with Gasteiger partial charge in [0.25, 0.3) is 0 Å². The molecule has 1 heterocycles. The summed E-state index contributed by atoms with van der Waals surface area (Å²) in [6.45, 7) is 1.31. The summed E-state index contributed by atoms with van der Waals surface area (Å²) in [7, 11) is -3.62. The number of benzene rings is 2. The minimum absolute atomic E-state index is 0.0803. The Morgan fingerprint density at radius 3 is 2.53 bits per heavy atom. The number of piperidine rings is 1. The summed E-state index contributed by atoms with van der Waals surface area (Å²) < 4.78 is 33.4. The van der Waals surface area contributed by atoms with E-state index in [1.54, 1.807) is 0 Å². The largest absolute Gasteiger partial charge is 0.492 e. The Bertz CT molecular complexity index is 1030. The lowest BCUT2D eigenvalue weighted by Crippen LogP contribution is -2.43. The van der Waals surface area contributed by atoms with Crippen LogP contribution in [0.1, 0.15) is 18.4 Å². The van der Waals surface area contributed by atoms with E-state index >= 15 is 0 Å². The third kappa shape index (κ3) is 5.59. The molecule has 0 saturated carbocycles. The molecular weight excluding hydrogens is 470 g/mol. The van der Waals surface area contributed by atoms with Crippen molar-refractivity contribution in [1.29, 1.82) is 5.26 Å². The summed E-state index contributed by atoms with van der Waals surface area (Å²) in [5.74, 6) is 0.423. The lowest BCUT2D eigenvalue weighted by Gasteiger charge is -2.30. The second-order valence-corrected chi connectivity index (χ2v) is 9.77. The molecule has 0 spiro atoms. The van der Waals surface area contributed by atoms with E-state index in [2.05, 4.69) is 21.2 Å². The molecule has 0 atom stereocenters. The lowest BCUT2D eigenvalue weighted by atomic mass is 9.97. The molecule has 30 heavy (non-hydrogen) atoms. The zero-order valence-electron chi connectivity index (χ0n) is 16.3. The fourth-order valence-corrected chi connectivity index (χ4v) is 5.10. The topological polar surface area (TPSA) is 99.5 Å². The van der Waals surface area contributed by atoms with E-state index in [-0.39, 0.29) is 29.8 Å². The quantitative estimate of drug-likeness (QED) is 0.600. The number of nitrogens with zero attached hydrogens (tertiary/aromatic N) is 2. The van der Waals surface area contributed by atoms with Crippen molar-refractivity contribution in [1.82, 2.24) is 9.62 Å². The summed E-state index contributed by atoms with van der Waals surface area (Å²) in [5.41, 5.74) is 0.410. The molecule has 0 aliphatic carbocycles. The van der Waals surface area contributed by atoms with Gasteiger partial charge in [-0.2, -0.15) is 9.57 Å². The second-order valence-electron chi connectivity index (χ2n) is 6.91. The van der Waals surface area contributed by atoms with Crippen molar-refractivity contribution < 1.29 is 17.9 Å². The van der Waals surface area contributed by atoms with E-state index in [9.17, 15) is 13.2 Å². The second kappa shape index (κ2) is 10.1. The fraction of sp³-hybridized carbons (Fsp3) is 0.333. The predicted molar refractivity (Wildman–Crippen MR) is 115 cm³/mol. The average molecular weight is 492 g/mol. The van der Waals surface area contributed by atoms with Gasteiger partial charge in [-0.15, -0.1) is 0 Å². The number of sulfonamides is 1. The highest BCUT2D eigenvalue weighted by molar-refractivity contribution is 9.10. The number of ether oxygens (including phenoxy) is 1. The van der Waals surface area contributed by atoms with Crippen LogP contribution in [0.25, 0.3) is 0 Å². The Morgan fingerprint density at radius 1 is 1.20 bits per heavy atom. The number of rotatable bonds is 7. The number of carbonyl (C=O) groups excluding carboxylic acids is 1. The highest BCUT2D eigenvalue weighted by Gasteiger charge is 2.31. The van der Waals surface area contributed by atoms with Crippen LogP contribution in [0.5, 0.6) is 5.75 Å². The lowest BCUT2D eigenvalue weighted by molar-refractivity contribution is -0.126. The van der Waals surface area contributed by atoms with Gasteiger partial charge in [-0.1, -0.05) is 22.0 Å². The standard InChI is InChI=1S/C21H22BrN3O4S/c22-18-2-1-3-19(14-18)29-13-10-24-21(26)17-8-11-25(12-9-17)30(27,28)20-6-4-16(15-23)5-7-20/h1-7,14,17H,8-13H2,(H,24,26). The molecule has 2 aromatic carbocycles. The molecule has 158 valence electrons. The molecule has 1 aliphatic rings. The average Bonchev–Trinajstić information content (AvgIpc) is 2.77. The molecule has 0 radical (unpaired) electrons. The van der Waals surface area contributed by atoms with E-state index in [1.165, 1.54) is 28.6 Å². The van der Waals surface area contributed by atoms with Crippen molar-refractivity contribution in [2.45, 2.75) is 17.7 Å². The number of nitriles is 1. The summed E-state index contributed by atoms with van der Waals surface area (Å²) >= 11 is 3.38. The maximum Gasteiger partial charge on any atom is 0.243 e. The summed E-state index contributed by atoms with van der Waals surface area (Å²) in [6.07, 6.45) is 0.932. The van der Waals surface area contributed by atoms with Crippen LogP contribution in [0.2, 0.25) is 0 Å². The fourth-order valence-electron chi connectivity index (χ4n) is 3.25. The first-order valence-electron chi connectivity index (χ1n) is 9.56. The van der Waals surface area contributed by atoms with Crippen molar-refractivity contribution in [3.8, 4) is 11.8 Å². The molecule has 0 bridgehead atoms. The maximum absolute atomic E-state index is 12.8. The number of hydrogen-bond acceptors (Lipinski definition) is 5. The highest BCUT2D eigenvalue weighted by atomic mass is 79.9. The molecule has 1 fully saturated rings. The Hall–Kier alpha value is -2.41. The van der Waals surface area contributed by atoms with Crippen LogP contribution < -0.4 is 10.1 Å². The Kier molecular flexibility index (Phi) is 7.48. The summed E-state index contributed by atoms with van der Waals surface area (Å²) in [5, 5.41) is 11.7. The molecule has 9 heteroatoms. The molecule has 1 saturated heterocycles. The van der Waals surface area contributed by atoms with Crippen LogP contribution >= 0.6 is 15.9 Å². The first-order chi connectivity index (χ1) is 14.4. The number of hydrogen-bond donors (Lipinski definition) is 1. The maximum atomic E-state index is 12.8. The normalized spacial score (nSPS) is 15.3. The van der Waals surface area contributed by atoms with Gasteiger partial charge in [-0.3, -0.25) is 4.79 Å². The molecule has 0 unspecified atom stereocenters. The Morgan fingerprint density at radius 2 is 1.90 bits per heavy atom. The van der Waals surface area contributed by atoms with E-state index < -0.39 is 10.0 Å². The van der Waals surface area contributed by atoms with Gasteiger partial charge < -0.3 is 10.1 Å². The van der Waals surface area contributed by atoms with Crippen LogP contribution in [-0.2, 0) is 14.8 Å². The Labute approximate surface area is 184 Å². The van der Waals surface area contributed by atoms with Gasteiger partial charge in [-0.25, -0.2) is 8.42 Å². The molecule has 1 N–H and O–H groups in total. The predicted octanol–water partition coefficient (Wildman–Crippen LogP) is 2.92. The third-order valence-corrected chi connectivity index (χ3v) is 7.32.